The quantitative estimate of drug-likeness (QED) is 0.866. The molecule has 1 aliphatic carbocycles. The minimum Gasteiger partial charge on any atom is -0.386 e. The molecule has 1 atom stereocenters. The van der Waals surface area contributed by atoms with Crippen LogP contribution in [0.25, 0.3) is 0 Å². The number of rotatable bonds is 5. The van der Waals surface area contributed by atoms with Crippen LogP contribution in [-0.4, -0.2) is 41.2 Å². The van der Waals surface area contributed by atoms with Crippen LogP contribution in [-0.2, 0) is 4.79 Å². The van der Waals surface area contributed by atoms with Crippen molar-refractivity contribution in [3.63, 3.8) is 0 Å². The smallest absolute Gasteiger partial charge is 0.220 e. The first-order valence-corrected chi connectivity index (χ1v) is 8.90. The second-order valence-corrected chi connectivity index (χ2v) is 7.22. The lowest BCUT2D eigenvalue weighted by molar-refractivity contribution is -0.123. The highest BCUT2D eigenvalue weighted by Crippen LogP contribution is 2.28. The van der Waals surface area contributed by atoms with E-state index < -0.39 is 5.60 Å². The van der Waals surface area contributed by atoms with Gasteiger partial charge in [0.2, 0.25) is 5.91 Å². The second kappa shape index (κ2) is 7.47. The lowest BCUT2D eigenvalue weighted by Crippen LogP contribution is -2.54. The third-order valence-corrected chi connectivity index (χ3v) is 5.15. The van der Waals surface area contributed by atoms with Crippen molar-refractivity contribution in [1.82, 2.24) is 10.3 Å². The topological polar surface area (TPSA) is 65.5 Å². The maximum Gasteiger partial charge on any atom is 0.220 e. The molecule has 5 nitrogen and oxygen atoms in total. The molecule has 132 valence electrons. The Bertz CT molecular complexity index is 560. The fourth-order valence-electron chi connectivity index (χ4n) is 3.82. The van der Waals surface area contributed by atoms with Crippen LogP contribution in [0.3, 0.4) is 0 Å². The number of pyridine rings is 1. The number of amides is 1. The van der Waals surface area contributed by atoms with Crippen LogP contribution in [0.5, 0.6) is 0 Å². The lowest BCUT2D eigenvalue weighted by Gasteiger charge is -2.40. The molecule has 1 amide bonds. The Morgan fingerprint density at radius 2 is 2.17 bits per heavy atom. The molecule has 0 spiro atoms. The summed E-state index contributed by atoms with van der Waals surface area (Å²) in [5.41, 5.74) is -0.959. The van der Waals surface area contributed by atoms with Gasteiger partial charge in [-0.3, -0.25) is 4.79 Å². The highest BCUT2D eigenvalue weighted by molar-refractivity contribution is 5.76. The monoisotopic (exact) mass is 335 g/mol. The number of aromatic nitrogens is 1. The molecule has 1 saturated heterocycles. The molecule has 1 unspecified atom stereocenters. The molecule has 0 aromatic carbocycles. The zero-order valence-electron chi connectivity index (χ0n) is 14.0. The number of halogens is 1. The number of piperidine rings is 1. The molecule has 3 rings (SSSR count). The van der Waals surface area contributed by atoms with Gasteiger partial charge in [-0.05, 0) is 43.7 Å². The number of carbonyl (C=O) groups excluding carboxylic acids is 1. The van der Waals surface area contributed by atoms with E-state index in [9.17, 15) is 14.3 Å². The van der Waals surface area contributed by atoms with Gasteiger partial charge in [0.1, 0.15) is 11.6 Å². The molecule has 0 radical (unpaired) electrons. The summed E-state index contributed by atoms with van der Waals surface area (Å²) in [7, 11) is 0. The number of β-amino-alcohol motifs (C(OH)–C–C–N with tert-alkyl or cyclic N) is 1. The van der Waals surface area contributed by atoms with Gasteiger partial charge in [-0.2, -0.15) is 0 Å². The zero-order valence-corrected chi connectivity index (χ0v) is 14.0. The van der Waals surface area contributed by atoms with Crippen molar-refractivity contribution >= 4 is 11.7 Å². The van der Waals surface area contributed by atoms with E-state index in [2.05, 4.69) is 10.3 Å². The standard InChI is InChI=1S/C18H26FN3O2/c19-15-6-7-16(20-11-15)22-9-3-8-18(24,13-22)12-21-17(23)10-14-4-1-2-5-14/h6-7,11,14,24H,1-5,8-10,12-13H2,(H,21,23). The second-order valence-electron chi connectivity index (χ2n) is 7.22. The maximum absolute atomic E-state index is 13.0. The van der Waals surface area contributed by atoms with E-state index >= 15 is 0 Å². The highest BCUT2D eigenvalue weighted by atomic mass is 19.1. The van der Waals surface area contributed by atoms with Crippen LogP contribution in [0.2, 0.25) is 0 Å². The molecular formula is C18H26FN3O2. The predicted molar refractivity (Wildman–Crippen MR) is 90.2 cm³/mol. The van der Waals surface area contributed by atoms with Crippen LogP contribution in [0, 0.1) is 11.7 Å². The summed E-state index contributed by atoms with van der Waals surface area (Å²) in [5.74, 6) is 0.829. The Kier molecular flexibility index (Phi) is 5.33. The Balaban J connectivity index is 1.52. The van der Waals surface area contributed by atoms with Crippen molar-refractivity contribution in [3.8, 4) is 0 Å². The van der Waals surface area contributed by atoms with Crippen LogP contribution in [0.4, 0.5) is 10.2 Å². The molecule has 2 fully saturated rings. The summed E-state index contributed by atoms with van der Waals surface area (Å²) in [5, 5.41) is 13.7. The van der Waals surface area contributed by atoms with Crippen molar-refractivity contribution in [2.75, 3.05) is 24.5 Å². The van der Waals surface area contributed by atoms with Gasteiger partial charge in [0.15, 0.2) is 0 Å². The van der Waals surface area contributed by atoms with E-state index in [1.165, 1.54) is 25.1 Å². The molecule has 2 heterocycles. The molecule has 1 aliphatic heterocycles. The van der Waals surface area contributed by atoms with Crippen LogP contribution in [0.15, 0.2) is 18.3 Å². The summed E-state index contributed by atoms with van der Waals surface area (Å²) >= 11 is 0. The van der Waals surface area contributed by atoms with Crippen LogP contribution < -0.4 is 10.2 Å². The summed E-state index contributed by atoms with van der Waals surface area (Å²) in [6.07, 6.45) is 7.95. The van der Waals surface area contributed by atoms with E-state index in [0.717, 1.165) is 25.8 Å². The van der Waals surface area contributed by atoms with Crippen LogP contribution in [0.1, 0.15) is 44.9 Å². The Morgan fingerprint density at radius 1 is 1.38 bits per heavy atom. The summed E-state index contributed by atoms with van der Waals surface area (Å²) in [6, 6.07) is 3.00. The summed E-state index contributed by atoms with van der Waals surface area (Å²) < 4.78 is 13.0. The summed E-state index contributed by atoms with van der Waals surface area (Å²) in [6.45, 7) is 1.43. The van der Waals surface area contributed by atoms with E-state index in [1.807, 2.05) is 4.90 Å². The van der Waals surface area contributed by atoms with Gasteiger partial charge in [-0.15, -0.1) is 0 Å². The lowest BCUT2D eigenvalue weighted by atomic mass is 9.92. The maximum atomic E-state index is 13.0. The van der Waals surface area contributed by atoms with Crippen molar-refractivity contribution in [2.45, 2.75) is 50.5 Å². The molecule has 1 aromatic heterocycles. The minimum atomic E-state index is -0.959. The van der Waals surface area contributed by atoms with E-state index in [1.54, 1.807) is 6.07 Å². The van der Waals surface area contributed by atoms with Gasteiger partial charge < -0.3 is 15.3 Å². The number of hydrogen-bond donors (Lipinski definition) is 2. The van der Waals surface area contributed by atoms with Gasteiger partial charge in [0.25, 0.3) is 0 Å². The number of nitrogens with zero attached hydrogens (tertiary/aromatic N) is 2. The molecular weight excluding hydrogens is 309 g/mol. The SMILES string of the molecule is O=C(CC1CCCC1)NCC1(O)CCCN(c2ccc(F)cn2)C1. The molecule has 24 heavy (non-hydrogen) atoms. The van der Waals surface area contributed by atoms with Crippen molar-refractivity contribution in [1.29, 1.82) is 0 Å². The van der Waals surface area contributed by atoms with Crippen molar-refractivity contribution in [2.24, 2.45) is 5.92 Å². The zero-order chi connectivity index (χ0) is 17.0. The summed E-state index contributed by atoms with van der Waals surface area (Å²) in [4.78, 5) is 18.1. The fourth-order valence-corrected chi connectivity index (χ4v) is 3.82. The van der Waals surface area contributed by atoms with Crippen molar-refractivity contribution < 1.29 is 14.3 Å². The average Bonchev–Trinajstić information content (AvgIpc) is 3.07. The normalized spacial score (nSPS) is 25.0. The van der Waals surface area contributed by atoms with E-state index in [4.69, 9.17) is 0 Å². The van der Waals surface area contributed by atoms with Gasteiger partial charge >= 0.3 is 0 Å². The third-order valence-electron chi connectivity index (χ3n) is 5.15. The van der Waals surface area contributed by atoms with Crippen LogP contribution >= 0.6 is 0 Å². The molecule has 6 heteroatoms. The first-order chi connectivity index (χ1) is 11.5. The van der Waals surface area contributed by atoms with Crippen molar-refractivity contribution in [3.05, 3.63) is 24.1 Å². The van der Waals surface area contributed by atoms with Gasteiger partial charge in [0.05, 0.1) is 11.8 Å². The van der Waals surface area contributed by atoms with Gasteiger partial charge in [-0.1, -0.05) is 12.8 Å². The Labute approximate surface area is 142 Å². The molecule has 2 N–H and O–H groups in total. The first-order valence-electron chi connectivity index (χ1n) is 8.90. The van der Waals surface area contributed by atoms with Gasteiger partial charge in [-0.25, -0.2) is 9.37 Å². The number of hydrogen-bond acceptors (Lipinski definition) is 4. The molecule has 1 saturated carbocycles. The minimum absolute atomic E-state index is 0.0346. The number of anilines is 1. The highest BCUT2D eigenvalue weighted by Gasteiger charge is 2.34. The number of nitrogens with one attached hydrogen (secondary N) is 1. The van der Waals surface area contributed by atoms with E-state index in [0.29, 0.717) is 31.1 Å². The van der Waals surface area contributed by atoms with E-state index in [-0.39, 0.29) is 18.3 Å². The number of aliphatic hydroxyl groups is 1. The third kappa shape index (κ3) is 4.44. The predicted octanol–water partition coefficient (Wildman–Crippen LogP) is 2.25. The van der Waals surface area contributed by atoms with Gasteiger partial charge in [0, 0.05) is 26.1 Å². The Hall–Kier alpha value is -1.69. The first kappa shape index (κ1) is 17.1. The number of carbonyl (C=O) groups is 1. The molecule has 1 aromatic rings. The average molecular weight is 335 g/mol. The molecule has 2 aliphatic rings. The fraction of sp³-hybridized carbons (Fsp3) is 0.667. The Morgan fingerprint density at radius 3 is 2.88 bits per heavy atom. The molecule has 0 bridgehead atoms. The largest absolute Gasteiger partial charge is 0.386 e.